The molecular formula is C10H14N4OS. The summed E-state index contributed by atoms with van der Waals surface area (Å²) in [6.45, 7) is 6.03. The smallest absolute Gasteiger partial charge is 0.321 e. The van der Waals surface area contributed by atoms with Gasteiger partial charge in [0.1, 0.15) is 0 Å². The summed E-state index contributed by atoms with van der Waals surface area (Å²) in [5.74, 6) is 0.661. The van der Waals surface area contributed by atoms with Crippen LogP contribution in [0.25, 0.3) is 0 Å². The molecule has 86 valence electrons. The predicted molar refractivity (Wildman–Crippen MR) is 62.7 cm³/mol. The number of hydrogen-bond donors (Lipinski definition) is 1. The third-order valence-electron chi connectivity index (χ3n) is 1.89. The van der Waals surface area contributed by atoms with Crippen LogP contribution in [0.5, 0.6) is 0 Å². The van der Waals surface area contributed by atoms with Gasteiger partial charge in [-0.25, -0.2) is 4.98 Å². The lowest BCUT2D eigenvalue weighted by Gasteiger charge is -2.01. The van der Waals surface area contributed by atoms with E-state index in [4.69, 9.17) is 4.52 Å². The second kappa shape index (κ2) is 4.61. The maximum Gasteiger partial charge on any atom is 0.321 e. The van der Waals surface area contributed by atoms with Crippen molar-refractivity contribution in [3.63, 3.8) is 0 Å². The van der Waals surface area contributed by atoms with E-state index in [0.717, 1.165) is 10.7 Å². The van der Waals surface area contributed by atoms with Crippen LogP contribution in [0.4, 0.5) is 6.01 Å². The van der Waals surface area contributed by atoms with Crippen molar-refractivity contribution in [3.05, 3.63) is 21.9 Å². The monoisotopic (exact) mass is 238 g/mol. The molecule has 0 aliphatic carbocycles. The maximum absolute atomic E-state index is 5.06. The number of thiazole rings is 1. The number of nitrogens with zero attached hydrogens (tertiary/aromatic N) is 3. The van der Waals surface area contributed by atoms with Crippen LogP contribution in [0.2, 0.25) is 0 Å². The average molecular weight is 238 g/mol. The van der Waals surface area contributed by atoms with E-state index in [1.165, 1.54) is 0 Å². The predicted octanol–water partition coefficient (Wildman–Crippen LogP) is 2.25. The summed E-state index contributed by atoms with van der Waals surface area (Å²) in [6.07, 6.45) is 0.619. The first-order valence-electron chi connectivity index (χ1n) is 5.13. The number of aryl methyl sites for hydroxylation is 1. The third-order valence-corrected chi connectivity index (χ3v) is 2.71. The lowest BCUT2D eigenvalue weighted by molar-refractivity contribution is 0.421. The summed E-state index contributed by atoms with van der Waals surface area (Å²) < 4.78 is 5.06. The van der Waals surface area contributed by atoms with Crippen molar-refractivity contribution in [3.8, 4) is 0 Å². The van der Waals surface area contributed by atoms with Gasteiger partial charge in [0.05, 0.1) is 17.1 Å². The van der Waals surface area contributed by atoms with Gasteiger partial charge < -0.3 is 9.84 Å². The van der Waals surface area contributed by atoms with Crippen LogP contribution in [0.3, 0.4) is 0 Å². The Labute approximate surface area is 97.9 Å². The summed E-state index contributed by atoms with van der Waals surface area (Å²) in [4.78, 5) is 8.58. The minimum atomic E-state index is 0.287. The molecule has 1 N–H and O–H groups in total. The fourth-order valence-electron chi connectivity index (χ4n) is 1.28. The first-order valence-corrected chi connectivity index (χ1v) is 6.01. The standard InChI is InChI=1S/C10H14N4OS/c1-6(2)11-10-13-9(14-15-10)4-8-5-16-7(3)12-8/h5-6H,4H2,1-3H3,(H,11,13,14). The summed E-state index contributed by atoms with van der Waals surface area (Å²) in [5.41, 5.74) is 0.986. The molecule has 0 bridgehead atoms. The summed E-state index contributed by atoms with van der Waals surface area (Å²) in [5, 5.41) is 10.0. The number of hydrogen-bond acceptors (Lipinski definition) is 6. The molecule has 0 saturated carbocycles. The van der Waals surface area contributed by atoms with E-state index in [0.29, 0.717) is 18.3 Å². The molecule has 6 heteroatoms. The minimum absolute atomic E-state index is 0.287. The molecule has 0 fully saturated rings. The van der Waals surface area contributed by atoms with Gasteiger partial charge in [-0.2, -0.15) is 4.98 Å². The van der Waals surface area contributed by atoms with Crippen molar-refractivity contribution in [1.82, 2.24) is 15.1 Å². The van der Waals surface area contributed by atoms with E-state index in [9.17, 15) is 0 Å². The normalized spacial score (nSPS) is 11.0. The molecule has 5 nitrogen and oxygen atoms in total. The van der Waals surface area contributed by atoms with Crippen molar-refractivity contribution < 1.29 is 4.52 Å². The van der Waals surface area contributed by atoms with Crippen LogP contribution in [-0.2, 0) is 6.42 Å². The zero-order chi connectivity index (χ0) is 11.5. The number of nitrogens with one attached hydrogen (secondary N) is 1. The van der Waals surface area contributed by atoms with Crippen LogP contribution in [0.15, 0.2) is 9.90 Å². The Morgan fingerprint density at radius 3 is 2.88 bits per heavy atom. The van der Waals surface area contributed by atoms with E-state index in [1.54, 1.807) is 11.3 Å². The quantitative estimate of drug-likeness (QED) is 0.885. The largest absolute Gasteiger partial charge is 0.336 e. The first kappa shape index (κ1) is 11.1. The molecule has 2 rings (SSSR count). The molecule has 16 heavy (non-hydrogen) atoms. The molecule has 0 spiro atoms. The van der Waals surface area contributed by atoms with Gasteiger partial charge in [0.15, 0.2) is 5.82 Å². The summed E-state index contributed by atoms with van der Waals surface area (Å²) in [6, 6.07) is 0.756. The van der Waals surface area contributed by atoms with Gasteiger partial charge in [-0.05, 0) is 20.8 Å². The van der Waals surface area contributed by atoms with Crippen molar-refractivity contribution in [2.24, 2.45) is 0 Å². The highest BCUT2D eigenvalue weighted by Gasteiger charge is 2.09. The van der Waals surface area contributed by atoms with Crippen LogP contribution < -0.4 is 5.32 Å². The lowest BCUT2D eigenvalue weighted by Crippen LogP contribution is -2.09. The van der Waals surface area contributed by atoms with E-state index in [-0.39, 0.29) is 6.04 Å². The highest BCUT2D eigenvalue weighted by Crippen LogP contribution is 2.12. The molecule has 2 aromatic rings. The number of anilines is 1. The second-order valence-electron chi connectivity index (χ2n) is 3.85. The Morgan fingerprint density at radius 1 is 1.44 bits per heavy atom. The fourth-order valence-corrected chi connectivity index (χ4v) is 1.90. The molecule has 0 aliphatic rings. The fraction of sp³-hybridized carbons (Fsp3) is 0.500. The molecular weight excluding hydrogens is 224 g/mol. The van der Waals surface area contributed by atoms with Crippen LogP contribution >= 0.6 is 11.3 Å². The third kappa shape index (κ3) is 2.79. The molecule has 2 aromatic heterocycles. The molecule has 0 aliphatic heterocycles. The van der Waals surface area contributed by atoms with Gasteiger partial charge in [0, 0.05) is 11.4 Å². The zero-order valence-corrected chi connectivity index (χ0v) is 10.3. The Morgan fingerprint density at radius 2 is 2.25 bits per heavy atom. The van der Waals surface area contributed by atoms with E-state index in [1.807, 2.05) is 26.2 Å². The highest BCUT2D eigenvalue weighted by molar-refractivity contribution is 7.09. The van der Waals surface area contributed by atoms with Crippen molar-refractivity contribution in [2.45, 2.75) is 33.2 Å². The first-order chi connectivity index (χ1) is 7.63. The van der Waals surface area contributed by atoms with Gasteiger partial charge in [-0.1, -0.05) is 5.16 Å². The van der Waals surface area contributed by atoms with Crippen LogP contribution in [0, 0.1) is 6.92 Å². The molecule has 0 atom stereocenters. The lowest BCUT2D eigenvalue weighted by atomic mass is 10.3. The maximum atomic E-state index is 5.06. The van der Waals surface area contributed by atoms with Crippen molar-refractivity contribution in [2.75, 3.05) is 5.32 Å². The molecule has 0 unspecified atom stereocenters. The average Bonchev–Trinajstić information content (AvgIpc) is 2.76. The second-order valence-corrected chi connectivity index (χ2v) is 4.91. The van der Waals surface area contributed by atoms with E-state index >= 15 is 0 Å². The summed E-state index contributed by atoms with van der Waals surface area (Å²) >= 11 is 1.63. The van der Waals surface area contributed by atoms with Crippen molar-refractivity contribution in [1.29, 1.82) is 0 Å². The van der Waals surface area contributed by atoms with Gasteiger partial charge in [-0.15, -0.1) is 11.3 Å². The molecule has 2 heterocycles. The van der Waals surface area contributed by atoms with E-state index in [2.05, 4.69) is 20.4 Å². The Kier molecular flexibility index (Phi) is 3.19. The molecule has 0 saturated heterocycles. The Hall–Kier alpha value is -1.43. The summed E-state index contributed by atoms with van der Waals surface area (Å²) in [7, 11) is 0. The highest BCUT2D eigenvalue weighted by atomic mass is 32.1. The molecule has 0 amide bonds. The Balaban J connectivity index is 2.02. The van der Waals surface area contributed by atoms with Gasteiger partial charge >= 0.3 is 6.01 Å². The number of aromatic nitrogens is 3. The Bertz CT molecular complexity index is 463. The number of rotatable bonds is 4. The molecule has 0 aromatic carbocycles. The van der Waals surface area contributed by atoms with Gasteiger partial charge in [0.25, 0.3) is 0 Å². The zero-order valence-electron chi connectivity index (χ0n) is 9.52. The van der Waals surface area contributed by atoms with E-state index < -0.39 is 0 Å². The topological polar surface area (TPSA) is 63.8 Å². The van der Waals surface area contributed by atoms with Crippen molar-refractivity contribution >= 4 is 17.4 Å². The molecule has 0 radical (unpaired) electrons. The van der Waals surface area contributed by atoms with Crippen LogP contribution in [-0.4, -0.2) is 21.2 Å². The SMILES string of the molecule is Cc1nc(Cc2noc(NC(C)C)n2)cs1. The van der Waals surface area contributed by atoms with Gasteiger partial charge in [0.2, 0.25) is 0 Å². The van der Waals surface area contributed by atoms with Gasteiger partial charge in [-0.3, -0.25) is 0 Å². The minimum Gasteiger partial charge on any atom is -0.336 e. The van der Waals surface area contributed by atoms with Crippen LogP contribution in [0.1, 0.15) is 30.4 Å².